The van der Waals surface area contributed by atoms with Crippen LogP contribution in [0.4, 0.5) is 0 Å². The minimum Gasteiger partial charge on any atom is -0.327 e. The standard InChI is InChI=1S/C16H33N3/c1-4-18-7-9-19(10-8-18)12-15-11-14(13(2)3)5-6-16(15)17/h13-16H,4-12,17H2,1-3H3. The second-order valence-corrected chi connectivity index (χ2v) is 6.98. The summed E-state index contributed by atoms with van der Waals surface area (Å²) in [5.74, 6) is 2.46. The maximum absolute atomic E-state index is 6.37. The van der Waals surface area contributed by atoms with Gasteiger partial charge < -0.3 is 15.5 Å². The van der Waals surface area contributed by atoms with Crippen molar-refractivity contribution in [1.82, 2.24) is 9.80 Å². The van der Waals surface area contributed by atoms with E-state index in [9.17, 15) is 0 Å². The van der Waals surface area contributed by atoms with Crippen LogP contribution in [0.5, 0.6) is 0 Å². The van der Waals surface area contributed by atoms with Crippen LogP contribution in [0.25, 0.3) is 0 Å². The highest BCUT2D eigenvalue weighted by Crippen LogP contribution is 2.33. The van der Waals surface area contributed by atoms with Crippen molar-refractivity contribution in [3.63, 3.8) is 0 Å². The molecule has 2 rings (SSSR count). The summed E-state index contributed by atoms with van der Waals surface area (Å²) in [5, 5.41) is 0. The summed E-state index contributed by atoms with van der Waals surface area (Å²) in [4.78, 5) is 5.20. The molecule has 3 unspecified atom stereocenters. The molecule has 0 spiro atoms. The van der Waals surface area contributed by atoms with Gasteiger partial charge in [-0.15, -0.1) is 0 Å². The molecule has 3 atom stereocenters. The van der Waals surface area contributed by atoms with Crippen LogP contribution in [-0.2, 0) is 0 Å². The Morgan fingerprint density at radius 2 is 1.68 bits per heavy atom. The van der Waals surface area contributed by atoms with Gasteiger partial charge in [-0.3, -0.25) is 0 Å². The number of rotatable bonds is 4. The zero-order valence-electron chi connectivity index (χ0n) is 13.1. The fraction of sp³-hybridized carbons (Fsp3) is 1.00. The maximum Gasteiger partial charge on any atom is 0.0110 e. The van der Waals surface area contributed by atoms with E-state index in [1.807, 2.05) is 0 Å². The number of nitrogens with zero attached hydrogens (tertiary/aromatic N) is 2. The number of nitrogens with two attached hydrogens (primary N) is 1. The molecule has 2 aliphatic rings. The molecule has 19 heavy (non-hydrogen) atoms. The van der Waals surface area contributed by atoms with Gasteiger partial charge in [0.05, 0.1) is 0 Å². The SMILES string of the molecule is CCN1CCN(CC2CC(C(C)C)CCC2N)CC1. The zero-order valence-corrected chi connectivity index (χ0v) is 13.1. The van der Waals surface area contributed by atoms with Crippen LogP contribution in [0.15, 0.2) is 0 Å². The first-order valence-corrected chi connectivity index (χ1v) is 8.30. The van der Waals surface area contributed by atoms with Crippen molar-refractivity contribution in [2.75, 3.05) is 39.3 Å². The van der Waals surface area contributed by atoms with E-state index in [-0.39, 0.29) is 0 Å². The van der Waals surface area contributed by atoms with Gasteiger partial charge in [0.15, 0.2) is 0 Å². The normalized spacial score (nSPS) is 34.9. The molecule has 3 nitrogen and oxygen atoms in total. The maximum atomic E-state index is 6.37. The molecule has 2 fully saturated rings. The first-order chi connectivity index (χ1) is 9.10. The first kappa shape index (κ1) is 15.3. The topological polar surface area (TPSA) is 32.5 Å². The Morgan fingerprint density at radius 1 is 1.05 bits per heavy atom. The predicted molar refractivity (Wildman–Crippen MR) is 82.2 cm³/mol. The molecule has 1 heterocycles. The zero-order chi connectivity index (χ0) is 13.8. The van der Waals surface area contributed by atoms with Gasteiger partial charge in [0, 0.05) is 38.8 Å². The quantitative estimate of drug-likeness (QED) is 0.846. The summed E-state index contributed by atoms with van der Waals surface area (Å²) < 4.78 is 0. The van der Waals surface area contributed by atoms with Gasteiger partial charge >= 0.3 is 0 Å². The van der Waals surface area contributed by atoms with Crippen LogP contribution in [-0.4, -0.2) is 55.1 Å². The number of hydrogen-bond acceptors (Lipinski definition) is 3. The molecule has 0 aromatic carbocycles. The van der Waals surface area contributed by atoms with Crippen LogP contribution >= 0.6 is 0 Å². The van der Waals surface area contributed by atoms with Crippen molar-refractivity contribution in [3.8, 4) is 0 Å². The smallest absolute Gasteiger partial charge is 0.0110 e. The Kier molecular flexibility index (Phi) is 5.67. The molecule has 1 saturated carbocycles. The lowest BCUT2D eigenvalue weighted by atomic mass is 9.73. The lowest BCUT2D eigenvalue weighted by molar-refractivity contribution is 0.0913. The fourth-order valence-electron chi connectivity index (χ4n) is 3.76. The Labute approximate surface area is 119 Å². The summed E-state index contributed by atoms with van der Waals surface area (Å²) in [7, 11) is 0. The van der Waals surface area contributed by atoms with Gasteiger partial charge in [-0.1, -0.05) is 20.8 Å². The van der Waals surface area contributed by atoms with E-state index >= 15 is 0 Å². The second-order valence-electron chi connectivity index (χ2n) is 6.98. The highest BCUT2D eigenvalue weighted by atomic mass is 15.3. The van der Waals surface area contributed by atoms with Crippen molar-refractivity contribution in [3.05, 3.63) is 0 Å². The van der Waals surface area contributed by atoms with E-state index in [2.05, 4.69) is 30.6 Å². The summed E-state index contributed by atoms with van der Waals surface area (Å²) in [6.45, 7) is 14.4. The summed E-state index contributed by atoms with van der Waals surface area (Å²) in [6.07, 6.45) is 3.94. The molecule has 0 bridgehead atoms. The summed E-state index contributed by atoms with van der Waals surface area (Å²) in [5.41, 5.74) is 6.37. The van der Waals surface area contributed by atoms with Crippen LogP contribution in [0, 0.1) is 17.8 Å². The van der Waals surface area contributed by atoms with E-state index in [1.54, 1.807) is 0 Å². The second kappa shape index (κ2) is 7.05. The van der Waals surface area contributed by atoms with E-state index in [0.717, 1.165) is 17.8 Å². The van der Waals surface area contributed by atoms with E-state index in [1.165, 1.54) is 58.5 Å². The number of likely N-dealkylation sites (N-methyl/N-ethyl adjacent to an activating group) is 1. The molecule has 0 aromatic heterocycles. The molecule has 1 saturated heterocycles. The van der Waals surface area contributed by atoms with Gasteiger partial charge in [-0.25, -0.2) is 0 Å². The van der Waals surface area contributed by atoms with Gasteiger partial charge in [0.1, 0.15) is 0 Å². The number of hydrogen-bond donors (Lipinski definition) is 1. The van der Waals surface area contributed by atoms with Crippen LogP contribution in [0.3, 0.4) is 0 Å². The average molecular weight is 267 g/mol. The van der Waals surface area contributed by atoms with Crippen molar-refractivity contribution < 1.29 is 0 Å². The molecule has 0 aromatic rings. The Hall–Kier alpha value is -0.120. The van der Waals surface area contributed by atoms with Gasteiger partial charge in [0.2, 0.25) is 0 Å². The third-order valence-electron chi connectivity index (χ3n) is 5.43. The van der Waals surface area contributed by atoms with E-state index < -0.39 is 0 Å². The van der Waals surface area contributed by atoms with E-state index in [0.29, 0.717) is 6.04 Å². The lowest BCUT2D eigenvalue weighted by Crippen LogP contribution is -2.50. The summed E-state index contributed by atoms with van der Waals surface area (Å²) >= 11 is 0. The first-order valence-electron chi connectivity index (χ1n) is 8.30. The average Bonchev–Trinajstić information content (AvgIpc) is 2.42. The molecule has 3 heteroatoms. The fourth-order valence-corrected chi connectivity index (χ4v) is 3.76. The van der Waals surface area contributed by atoms with E-state index in [4.69, 9.17) is 5.73 Å². The van der Waals surface area contributed by atoms with Crippen molar-refractivity contribution in [2.45, 2.75) is 46.1 Å². The lowest BCUT2D eigenvalue weighted by Gasteiger charge is -2.41. The van der Waals surface area contributed by atoms with Gasteiger partial charge in [-0.05, 0) is 43.6 Å². The Bertz CT molecular complexity index is 259. The van der Waals surface area contributed by atoms with Gasteiger partial charge in [-0.2, -0.15) is 0 Å². The highest BCUT2D eigenvalue weighted by Gasteiger charge is 2.31. The van der Waals surface area contributed by atoms with Gasteiger partial charge in [0.25, 0.3) is 0 Å². The molecular weight excluding hydrogens is 234 g/mol. The Morgan fingerprint density at radius 3 is 2.26 bits per heavy atom. The van der Waals surface area contributed by atoms with Crippen LogP contribution in [0.1, 0.15) is 40.0 Å². The van der Waals surface area contributed by atoms with Crippen molar-refractivity contribution in [1.29, 1.82) is 0 Å². The largest absolute Gasteiger partial charge is 0.327 e. The minimum atomic E-state index is 0.444. The van der Waals surface area contributed by atoms with Crippen molar-refractivity contribution in [2.24, 2.45) is 23.5 Å². The highest BCUT2D eigenvalue weighted by molar-refractivity contribution is 4.86. The number of piperazine rings is 1. The van der Waals surface area contributed by atoms with Crippen LogP contribution < -0.4 is 5.73 Å². The third-order valence-corrected chi connectivity index (χ3v) is 5.43. The molecule has 112 valence electrons. The van der Waals surface area contributed by atoms with Crippen molar-refractivity contribution >= 4 is 0 Å². The summed E-state index contributed by atoms with van der Waals surface area (Å²) in [6, 6.07) is 0.444. The molecule has 0 amide bonds. The molecule has 1 aliphatic heterocycles. The predicted octanol–water partition coefficient (Wildman–Crippen LogP) is 2.02. The molecular formula is C16H33N3. The molecule has 0 radical (unpaired) electrons. The minimum absolute atomic E-state index is 0.444. The Balaban J connectivity index is 1.80. The molecule has 1 aliphatic carbocycles. The van der Waals surface area contributed by atoms with Crippen LogP contribution in [0.2, 0.25) is 0 Å². The monoisotopic (exact) mass is 267 g/mol. The third kappa shape index (κ3) is 4.17. The molecule has 2 N–H and O–H groups in total.